The summed E-state index contributed by atoms with van der Waals surface area (Å²) in [4.78, 5) is 0. The van der Waals surface area contributed by atoms with Crippen molar-refractivity contribution in [2.24, 2.45) is 5.10 Å². The highest BCUT2D eigenvalue weighted by Gasteiger charge is 2.11. The lowest BCUT2D eigenvalue weighted by atomic mass is 10.1. The van der Waals surface area contributed by atoms with Crippen LogP contribution in [0.2, 0.25) is 5.02 Å². The number of methoxy groups -OCH3 is 1. The van der Waals surface area contributed by atoms with Crippen LogP contribution in [0.25, 0.3) is 0 Å². The molecule has 3 N–H and O–H groups in total. The van der Waals surface area contributed by atoms with Crippen molar-refractivity contribution >= 4 is 35.0 Å². The van der Waals surface area contributed by atoms with Crippen LogP contribution < -0.4 is 16.0 Å². The van der Waals surface area contributed by atoms with Crippen molar-refractivity contribution in [3.63, 3.8) is 0 Å². The van der Waals surface area contributed by atoms with E-state index in [1.54, 1.807) is 7.11 Å². The highest BCUT2D eigenvalue weighted by atomic mass is 35.5. The number of hydrogen-bond donors (Lipinski definition) is 2. The van der Waals surface area contributed by atoms with Gasteiger partial charge in [0.2, 0.25) is 5.16 Å². The molecule has 0 aliphatic carbocycles. The number of hydrogen-bond acceptors (Lipinski definition) is 7. The van der Waals surface area contributed by atoms with Crippen LogP contribution in [-0.4, -0.2) is 27.7 Å². The molecule has 0 aliphatic rings. The number of nitrogens with two attached hydrogens (primary N) is 1. The fourth-order valence-corrected chi connectivity index (χ4v) is 3.38. The number of benzene rings is 2. The van der Waals surface area contributed by atoms with E-state index in [0.717, 1.165) is 22.6 Å². The Morgan fingerprint density at radius 1 is 1.22 bits per heavy atom. The third kappa shape index (κ3) is 4.72. The molecule has 0 spiro atoms. The molecule has 0 unspecified atom stereocenters. The third-order valence-electron chi connectivity index (χ3n) is 3.81. The minimum atomic E-state index is 0.351. The van der Waals surface area contributed by atoms with E-state index in [-0.39, 0.29) is 0 Å². The molecule has 0 saturated carbocycles. The minimum Gasteiger partial charge on any atom is -0.497 e. The summed E-state index contributed by atoms with van der Waals surface area (Å²) in [7, 11) is 1.63. The molecule has 9 heteroatoms. The van der Waals surface area contributed by atoms with E-state index in [2.05, 4.69) is 20.7 Å². The van der Waals surface area contributed by atoms with Crippen molar-refractivity contribution in [2.75, 3.05) is 18.4 Å². The second-order valence-corrected chi connectivity index (χ2v) is 6.94. The fourth-order valence-electron chi connectivity index (χ4n) is 2.24. The first-order valence-electron chi connectivity index (χ1n) is 8.10. The van der Waals surface area contributed by atoms with Crippen molar-refractivity contribution in [3.05, 3.63) is 64.7 Å². The van der Waals surface area contributed by atoms with E-state index < -0.39 is 0 Å². The predicted molar refractivity (Wildman–Crippen MR) is 110 cm³/mol. The number of halogens is 1. The van der Waals surface area contributed by atoms with Gasteiger partial charge in [0.15, 0.2) is 0 Å². The first kappa shape index (κ1) is 19.1. The van der Waals surface area contributed by atoms with E-state index in [4.69, 9.17) is 22.2 Å². The topological polar surface area (TPSA) is 90.3 Å². The van der Waals surface area contributed by atoms with Gasteiger partial charge in [-0.2, -0.15) is 5.10 Å². The van der Waals surface area contributed by atoms with Crippen molar-refractivity contribution in [2.45, 2.75) is 17.8 Å². The summed E-state index contributed by atoms with van der Waals surface area (Å²) < 4.78 is 6.52. The summed E-state index contributed by atoms with van der Waals surface area (Å²) in [5.41, 5.74) is 5.60. The number of anilines is 1. The summed E-state index contributed by atoms with van der Waals surface area (Å²) in [6.45, 7) is 1.89. The maximum Gasteiger partial charge on any atom is 0.264 e. The normalized spacial score (nSPS) is 11.4. The van der Waals surface area contributed by atoms with Crippen LogP contribution in [0.3, 0.4) is 0 Å². The molecule has 0 aliphatic heterocycles. The van der Waals surface area contributed by atoms with Gasteiger partial charge in [0.25, 0.3) is 5.95 Å². The average Bonchev–Trinajstić information content (AvgIpc) is 3.05. The molecule has 0 atom stereocenters. The summed E-state index contributed by atoms with van der Waals surface area (Å²) in [6.07, 6.45) is 0. The summed E-state index contributed by atoms with van der Waals surface area (Å²) in [5.74, 6) is 7.84. The first-order valence-corrected chi connectivity index (χ1v) is 9.46. The monoisotopic (exact) mass is 402 g/mol. The molecule has 27 heavy (non-hydrogen) atoms. The Labute approximate surface area is 166 Å². The lowest BCUT2D eigenvalue weighted by Gasteiger charge is -2.06. The van der Waals surface area contributed by atoms with Gasteiger partial charge >= 0.3 is 0 Å². The van der Waals surface area contributed by atoms with Crippen LogP contribution in [0, 0.1) is 0 Å². The number of aromatic nitrogens is 3. The largest absolute Gasteiger partial charge is 0.497 e. The van der Waals surface area contributed by atoms with Gasteiger partial charge < -0.3 is 10.6 Å². The van der Waals surface area contributed by atoms with E-state index in [0.29, 0.717) is 21.9 Å². The molecule has 7 nitrogen and oxygen atoms in total. The highest BCUT2D eigenvalue weighted by molar-refractivity contribution is 7.98. The molecular formula is C18H19ClN6OS. The van der Waals surface area contributed by atoms with E-state index in [1.807, 2.05) is 55.5 Å². The number of nitrogen functional groups attached to an aromatic ring is 1. The Bertz CT molecular complexity index is 941. The van der Waals surface area contributed by atoms with Gasteiger partial charge in [0, 0.05) is 10.8 Å². The highest BCUT2D eigenvalue weighted by Crippen LogP contribution is 2.25. The van der Waals surface area contributed by atoms with Crippen LogP contribution in [-0.2, 0) is 5.75 Å². The van der Waals surface area contributed by atoms with Gasteiger partial charge in [-0.3, -0.25) is 0 Å². The predicted octanol–water partition coefficient (Wildman–Crippen LogP) is 3.78. The number of hydrazone groups is 1. The Balaban J connectivity index is 1.65. The fraction of sp³-hybridized carbons (Fsp3) is 0.167. The molecule has 0 bridgehead atoms. The summed E-state index contributed by atoms with van der Waals surface area (Å²) >= 11 is 7.62. The number of nitrogens with one attached hydrogen (secondary N) is 1. The molecule has 0 fully saturated rings. The van der Waals surface area contributed by atoms with Gasteiger partial charge in [0.05, 0.1) is 12.8 Å². The SMILES string of the molecule is COc1ccc(/C(C)=N/Nc2nnc(SCc3ccccc3Cl)n2N)cc1. The van der Waals surface area contributed by atoms with Crippen LogP contribution in [0.1, 0.15) is 18.1 Å². The number of ether oxygens (including phenoxy) is 1. The van der Waals surface area contributed by atoms with Gasteiger partial charge in [-0.15, -0.1) is 10.2 Å². The Morgan fingerprint density at radius 3 is 2.67 bits per heavy atom. The van der Waals surface area contributed by atoms with Crippen molar-refractivity contribution in [3.8, 4) is 5.75 Å². The number of rotatable bonds is 7. The van der Waals surface area contributed by atoms with E-state index in [9.17, 15) is 0 Å². The third-order valence-corrected chi connectivity index (χ3v) is 5.17. The average molecular weight is 403 g/mol. The zero-order chi connectivity index (χ0) is 19.2. The molecule has 3 rings (SSSR count). The smallest absolute Gasteiger partial charge is 0.264 e. The van der Waals surface area contributed by atoms with Crippen molar-refractivity contribution in [1.29, 1.82) is 0 Å². The zero-order valence-electron chi connectivity index (χ0n) is 14.9. The summed E-state index contributed by atoms with van der Waals surface area (Å²) in [6, 6.07) is 15.3. The molecule has 2 aromatic carbocycles. The van der Waals surface area contributed by atoms with Gasteiger partial charge in [0.1, 0.15) is 5.75 Å². The van der Waals surface area contributed by atoms with Gasteiger partial charge in [-0.25, -0.2) is 10.1 Å². The second-order valence-electron chi connectivity index (χ2n) is 5.59. The van der Waals surface area contributed by atoms with Gasteiger partial charge in [-0.05, 0) is 48.4 Å². The molecule has 0 amide bonds. The maximum atomic E-state index is 6.17. The van der Waals surface area contributed by atoms with E-state index in [1.165, 1.54) is 16.4 Å². The second kappa shape index (κ2) is 8.79. The molecule has 1 heterocycles. The molecule has 140 valence electrons. The maximum absolute atomic E-state index is 6.17. The first-order chi connectivity index (χ1) is 13.1. The number of thioether (sulfide) groups is 1. The Morgan fingerprint density at radius 2 is 1.96 bits per heavy atom. The number of nitrogens with zero attached hydrogens (tertiary/aromatic N) is 4. The Kier molecular flexibility index (Phi) is 6.20. The molecule has 1 aromatic heterocycles. The lowest BCUT2D eigenvalue weighted by molar-refractivity contribution is 0.415. The minimum absolute atomic E-state index is 0.351. The van der Waals surface area contributed by atoms with Crippen LogP contribution in [0.4, 0.5) is 5.95 Å². The van der Waals surface area contributed by atoms with E-state index >= 15 is 0 Å². The van der Waals surface area contributed by atoms with Crippen molar-refractivity contribution in [1.82, 2.24) is 14.9 Å². The molecular weight excluding hydrogens is 384 g/mol. The molecule has 0 radical (unpaired) electrons. The van der Waals surface area contributed by atoms with Crippen LogP contribution in [0.15, 0.2) is 58.8 Å². The van der Waals surface area contributed by atoms with Crippen molar-refractivity contribution < 1.29 is 4.74 Å². The van der Waals surface area contributed by atoms with Crippen LogP contribution >= 0.6 is 23.4 Å². The van der Waals surface area contributed by atoms with Crippen LogP contribution in [0.5, 0.6) is 5.75 Å². The molecule has 0 saturated heterocycles. The van der Waals surface area contributed by atoms with Gasteiger partial charge in [-0.1, -0.05) is 41.6 Å². The lowest BCUT2D eigenvalue weighted by Crippen LogP contribution is -2.13. The summed E-state index contributed by atoms with van der Waals surface area (Å²) in [5, 5.41) is 13.7. The standard InChI is InChI=1S/C18H19ClN6OS/c1-12(13-7-9-15(26-2)10-8-13)21-22-17-23-24-18(25(17)20)27-11-14-5-3-4-6-16(14)19/h3-10H,11,20H2,1-2H3,(H,22,23)/b21-12+. The quantitative estimate of drug-likeness (QED) is 0.270. The molecule has 3 aromatic rings. The zero-order valence-corrected chi connectivity index (χ0v) is 16.5. The Hall–Kier alpha value is -2.71.